The number of hydrogen-bond acceptors (Lipinski definition) is 2. The van der Waals surface area contributed by atoms with Gasteiger partial charge in [0.1, 0.15) is 18.2 Å². The summed E-state index contributed by atoms with van der Waals surface area (Å²) < 4.78 is 18.9. The SMILES string of the molecule is NCC#Cc1ccc(F)cc1OCc1cccc(Cl)c1. The summed E-state index contributed by atoms with van der Waals surface area (Å²) >= 11 is 5.90. The lowest BCUT2D eigenvalue weighted by molar-refractivity contribution is 0.304. The summed E-state index contributed by atoms with van der Waals surface area (Å²) in [6.07, 6.45) is 0. The van der Waals surface area contributed by atoms with Gasteiger partial charge >= 0.3 is 0 Å². The molecule has 4 heteroatoms. The Balaban J connectivity index is 2.17. The van der Waals surface area contributed by atoms with Crippen molar-refractivity contribution in [1.29, 1.82) is 0 Å². The zero-order valence-corrected chi connectivity index (χ0v) is 11.5. The van der Waals surface area contributed by atoms with E-state index in [1.165, 1.54) is 12.1 Å². The Labute approximate surface area is 122 Å². The van der Waals surface area contributed by atoms with Gasteiger partial charge in [0.25, 0.3) is 0 Å². The molecule has 0 spiro atoms. The van der Waals surface area contributed by atoms with Crippen LogP contribution in [0.4, 0.5) is 4.39 Å². The fourth-order valence-electron chi connectivity index (χ4n) is 1.65. The van der Waals surface area contributed by atoms with Gasteiger partial charge in [-0.15, -0.1) is 0 Å². The third-order valence-corrected chi connectivity index (χ3v) is 2.79. The molecule has 0 fully saturated rings. The summed E-state index contributed by atoms with van der Waals surface area (Å²) in [5.41, 5.74) is 6.85. The first-order chi connectivity index (χ1) is 9.69. The minimum absolute atomic E-state index is 0.241. The lowest BCUT2D eigenvalue weighted by Gasteiger charge is -2.09. The van der Waals surface area contributed by atoms with Gasteiger partial charge in [-0.25, -0.2) is 4.39 Å². The minimum atomic E-state index is -0.371. The maximum Gasteiger partial charge on any atom is 0.138 e. The lowest BCUT2D eigenvalue weighted by atomic mass is 10.2. The van der Waals surface area contributed by atoms with Gasteiger partial charge in [-0.2, -0.15) is 0 Å². The second kappa shape index (κ2) is 6.95. The van der Waals surface area contributed by atoms with E-state index in [4.69, 9.17) is 22.1 Å². The van der Waals surface area contributed by atoms with Crippen LogP contribution in [-0.2, 0) is 6.61 Å². The zero-order chi connectivity index (χ0) is 14.4. The molecular formula is C16H13ClFNO. The summed E-state index contributed by atoms with van der Waals surface area (Å²) in [5.74, 6) is 5.60. The highest BCUT2D eigenvalue weighted by Crippen LogP contribution is 2.21. The summed E-state index contributed by atoms with van der Waals surface area (Å²) in [5, 5.41) is 0.633. The van der Waals surface area contributed by atoms with Crippen LogP contribution in [0.25, 0.3) is 0 Å². The molecule has 0 saturated carbocycles. The van der Waals surface area contributed by atoms with Gasteiger partial charge < -0.3 is 10.5 Å². The first kappa shape index (κ1) is 14.4. The average Bonchev–Trinajstić information content (AvgIpc) is 2.44. The van der Waals surface area contributed by atoms with E-state index in [9.17, 15) is 4.39 Å². The van der Waals surface area contributed by atoms with E-state index in [2.05, 4.69) is 11.8 Å². The van der Waals surface area contributed by atoms with Crippen molar-refractivity contribution in [2.24, 2.45) is 5.73 Å². The summed E-state index contributed by atoms with van der Waals surface area (Å²) in [7, 11) is 0. The van der Waals surface area contributed by atoms with Gasteiger partial charge in [0.05, 0.1) is 12.1 Å². The molecule has 0 heterocycles. The Morgan fingerprint density at radius 1 is 1.20 bits per heavy atom. The quantitative estimate of drug-likeness (QED) is 0.879. The van der Waals surface area contributed by atoms with Crippen LogP contribution in [0.2, 0.25) is 5.02 Å². The first-order valence-corrected chi connectivity index (χ1v) is 6.42. The van der Waals surface area contributed by atoms with Crippen molar-refractivity contribution in [3.05, 3.63) is 64.4 Å². The minimum Gasteiger partial charge on any atom is -0.487 e. The van der Waals surface area contributed by atoms with Crippen LogP contribution < -0.4 is 10.5 Å². The molecule has 0 saturated heterocycles. The molecule has 2 rings (SSSR count). The van der Waals surface area contributed by atoms with E-state index >= 15 is 0 Å². The fraction of sp³-hybridized carbons (Fsp3) is 0.125. The number of hydrogen-bond donors (Lipinski definition) is 1. The van der Waals surface area contributed by atoms with E-state index in [-0.39, 0.29) is 12.4 Å². The number of rotatable bonds is 3. The highest BCUT2D eigenvalue weighted by Gasteiger charge is 2.04. The van der Waals surface area contributed by atoms with E-state index in [0.29, 0.717) is 22.9 Å². The molecule has 2 aromatic carbocycles. The first-order valence-electron chi connectivity index (χ1n) is 6.05. The second-order valence-electron chi connectivity index (χ2n) is 4.06. The summed E-state index contributed by atoms with van der Waals surface area (Å²) in [6.45, 7) is 0.534. The van der Waals surface area contributed by atoms with Crippen molar-refractivity contribution in [2.45, 2.75) is 6.61 Å². The standard InChI is InChI=1S/C16H13ClFNO/c17-14-5-1-3-12(9-14)11-20-16-10-15(18)7-6-13(16)4-2-8-19/h1,3,5-7,9-10H,8,11,19H2. The van der Waals surface area contributed by atoms with Crippen LogP contribution in [0.1, 0.15) is 11.1 Å². The van der Waals surface area contributed by atoms with Crippen molar-refractivity contribution < 1.29 is 9.13 Å². The number of benzene rings is 2. The Morgan fingerprint density at radius 2 is 2.05 bits per heavy atom. The molecule has 0 amide bonds. The van der Waals surface area contributed by atoms with Crippen LogP contribution in [0.5, 0.6) is 5.75 Å². The smallest absolute Gasteiger partial charge is 0.138 e. The van der Waals surface area contributed by atoms with E-state index in [1.807, 2.05) is 12.1 Å². The Bertz CT molecular complexity index is 661. The molecule has 0 radical (unpaired) electrons. The topological polar surface area (TPSA) is 35.2 Å². The monoisotopic (exact) mass is 289 g/mol. The Morgan fingerprint density at radius 3 is 2.80 bits per heavy atom. The molecule has 0 aromatic heterocycles. The lowest BCUT2D eigenvalue weighted by Crippen LogP contribution is -1.98. The highest BCUT2D eigenvalue weighted by molar-refractivity contribution is 6.30. The van der Waals surface area contributed by atoms with Crippen molar-refractivity contribution in [3.63, 3.8) is 0 Å². The van der Waals surface area contributed by atoms with Crippen LogP contribution in [0.3, 0.4) is 0 Å². The molecule has 0 unspecified atom stereocenters. The second-order valence-corrected chi connectivity index (χ2v) is 4.50. The van der Waals surface area contributed by atoms with E-state index < -0.39 is 0 Å². The van der Waals surface area contributed by atoms with Gasteiger partial charge in [0.15, 0.2) is 0 Å². The maximum atomic E-state index is 13.3. The molecule has 0 bridgehead atoms. The van der Waals surface area contributed by atoms with Gasteiger partial charge in [0, 0.05) is 11.1 Å². The van der Waals surface area contributed by atoms with E-state index in [0.717, 1.165) is 5.56 Å². The normalized spacial score (nSPS) is 9.75. The Hall–Kier alpha value is -2.02. The predicted molar refractivity (Wildman–Crippen MR) is 78.1 cm³/mol. The van der Waals surface area contributed by atoms with Crippen molar-refractivity contribution in [3.8, 4) is 17.6 Å². The molecule has 2 nitrogen and oxygen atoms in total. The van der Waals surface area contributed by atoms with E-state index in [1.54, 1.807) is 18.2 Å². The summed E-state index contributed by atoms with van der Waals surface area (Å²) in [6, 6.07) is 11.5. The molecule has 0 aliphatic rings. The molecule has 0 atom stereocenters. The predicted octanol–water partition coefficient (Wildman–Crippen LogP) is 3.37. The van der Waals surface area contributed by atoms with Gasteiger partial charge in [-0.05, 0) is 29.8 Å². The number of halogens is 2. The fourth-order valence-corrected chi connectivity index (χ4v) is 1.87. The number of nitrogens with two attached hydrogens (primary N) is 1. The molecule has 2 aromatic rings. The molecule has 0 aliphatic carbocycles. The number of ether oxygens (including phenoxy) is 1. The molecule has 20 heavy (non-hydrogen) atoms. The van der Waals surface area contributed by atoms with Crippen LogP contribution in [0, 0.1) is 17.7 Å². The molecule has 102 valence electrons. The zero-order valence-electron chi connectivity index (χ0n) is 10.7. The summed E-state index contributed by atoms with van der Waals surface area (Å²) in [4.78, 5) is 0. The largest absolute Gasteiger partial charge is 0.487 e. The molecular weight excluding hydrogens is 277 g/mol. The van der Waals surface area contributed by atoms with Crippen LogP contribution in [0.15, 0.2) is 42.5 Å². The average molecular weight is 290 g/mol. The third-order valence-electron chi connectivity index (χ3n) is 2.55. The van der Waals surface area contributed by atoms with Crippen molar-refractivity contribution in [2.75, 3.05) is 6.54 Å². The molecule has 2 N–H and O–H groups in total. The van der Waals surface area contributed by atoms with Crippen LogP contribution in [-0.4, -0.2) is 6.54 Å². The molecule has 0 aliphatic heterocycles. The van der Waals surface area contributed by atoms with Gasteiger partial charge in [0.2, 0.25) is 0 Å². The van der Waals surface area contributed by atoms with Crippen molar-refractivity contribution in [1.82, 2.24) is 0 Å². The van der Waals surface area contributed by atoms with Gasteiger partial charge in [-0.1, -0.05) is 35.6 Å². The van der Waals surface area contributed by atoms with Crippen molar-refractivity contribution >= 4 is 11.6 Å². The Kier molecular flexibility index (Phi) is 5.00. The van der Waals surface area contributed by atoms with Crippen LogP contribution >= 0.6 is 11.6 Å². The maximum absolute atomic E-state index is 13.3. The highest BCUT2D eigenvalue weighted by atomic mass is 35.5. The van der Waals surface area contributed by atoms with Gasteiger partial charge in [-0.3, -0.25) is 0 Å². The third kappa shape index (κ3) is 3.99.